The fraction of sp³-hybridized carbons (Fsp3) is 0.429. The number of benzene rings is 1. The third-order valence-electron chi connectivity index (χ3n) is 3.00. The van der Waals surface area contributed by atoms with Crippen molar-refractivity contribution in [3.8, 4) is 0 Å². The summed E-state index contributed by atoms with van der Waals surface area (Å²) in [6, 6.07) is 9.24. The normalized spacial score (nSPS) is 15.4. The van der Waals surface area contributed by atoms with Crippen LogP contribution in [-0.4, -0.2) is 25.3 Å². The van der Waals surface area contributed by atoms with Crippen LogP contribution in [0.25, 0.3) is 0 Å². The molecule has 0 spiro atoms. The van der Waals surface area contributed by atoms with Gasteiger partial charge in [-0.3, -0.25) is 0 Å². The van der Waals surface area contributed by atoms with Crippen molar-refractivity contribution < 1.29 is 23.9 Å². The molecule has 1 fully saturated rings. The highest BCUT2D eigenvalue weighted by Gasteiger charge is 2.24. The lowest BCUT2D eigenvalue weighted by molar-refractivity contribution is -0.158. The fourth-order valence-corrected chi connectivity index (χ4v) is 1.86. The van der Waals surface area contributed by atoms with Gasteiger partial charge in [0.05, 0.1) is 5.92 Å². The molecule has 108 valence electrons. The molecule has 0 unspecified atom stereocenters. The highest BCUT2D eigenvalue weighted by Crippen LogP contribution is 2.15. The lowest BCUT2D eigenvalue weighted by atomic mass is 10.0. The van der Waals surface area contributed by atoms with Gasteiger partial charge in [0.15, 0.2) is 0 Å². The van der Waals surface area contributed by atoms with E-state index in [4.69, 9.17) is 14.3 Å². The molecule has 0 saturated carbocycles. The standard InChI is InChI=1S/C14H17NO5/c16-13(12-6-8-18-9-7-12)20-15-14(17)19-10-11-4-2-1-3-5-11/h1-5,12H,6-10H2,(H,15,17). The van der Waals surface area contributed by atoms with Crippen molar-refractivity contribution in [1.82, 2.24) is 5.48 Å². The molecule has 6 nitrogen and oxygen atoms in total. The first-order valence-electron chi connectivity index (χ1n) is 6.51. The molecule has 1 amide bonds. The SMILES string of the molecule is O=C(NOC(=O)C1CCOCC1)OCc1ccccc1. The van der Waals surface area contributed by atoms with E-state index in [1.54, 1.807) is 0 Å². The molecule has 0 aromatic heterocycles. The summed E-state index contributed by atoms with van der Waals surface area (Å²) in [4.78, 5) is 27.7. The van der Waals surface area contributed by atoms with Gasteiger partial charge in [-0.25, -0.2) is 9.59 Å². The fourth-order valence-electron chi connectivity index (χ4n) is 1.86. The van der Waals surface area contributed by atoms with Gasteiger partial charge >= 0.3 is 12.1 Å². The predicted molar refractivity (Wildman–Crippen MR) is 69.4 cm³/mol. The number of nitrogens with one attached hydrogen (secondary N) is 1. The summed E-state index contributed by atoms with van der Waals surface area (Å²) in [7, 11) is 0. The van der Waals surface area contributed by atoms with Gasteiger partial charge in [0, 0.05) is 13.2 Å². The maximum Gasteiger partial charge on any atom is 0.441 e. The third kappa shape index (κ3) is 4.55. The van der Waals surface area contributed by atoms with Crippen LogP contribution in [0.15, 0.2) is 30.3 Å². The Morgan fingerprint density at radius 2 is 1.90 bits per heavy atom. The van der Waals surface area contributed by atoms with Crippen LogP contribution in [0.3, 0.4) is 0 Å². The Bertz CT molecular complexity index is 442. The number of hydroxylamine groups is 1. The Balaban J connectivity index is 1.65. The van der Waals surface area contributed by atoms with Crippen LogP contribution in [0.5, 0.6) is 0 Å². The molecular formula is C14H17NO5. The molecule has 1 N–H and O–H groups in total. The van der Waals surface area contributed by atoms with E-state index >= 15 is 0 Å². The molecule has 1 aromatic rings. The Labute approximate surface area is 117 Å². The highest BCUT2D eigenvalue weighted by atomic mass is 16.7. The summed E-state index contributed by atoms with van der Waals surface area (Å²) < 4.78 is 10.1. The van der Waals surface area contributed by atoms with E-state index in [1.807, 2.05) is 35.8 Å². The minimum atomic E-state index is -0.783. The van der Waals surface area contributed by atoms with Crippen molar-refractivity contribution in [3.63, 3.8) is 0 Å². The Morgan fingerprint density at radius 3 is 2.60 bits per heavy atom. The Hall–Kier alpha value is -2.08. The van der Waals surface area contributed by atoms with Gasteiger partial charge in [-0.05, 0) is 18.4 Å². The largest absolute Gasteiger partial charge is 0.443 e. The van der Waals surface area contributed by atoms with Crippen LogP contribution in [0.4, 0.5) is 4.79 Å². The molecule has 1 saturated heterocycles. The van der Waals surface area contributed by atoms with Crippen LogP contribution in [0.1, 0.15) is 18.4 Å². The molecule has 0 bridgehead atoms. The second-order valence-corrected chi connectivity index (χ2v) is 4.47. The van der Waals surface area contributed by atoms with Crippen LogP contribution in [0.2, 0.25) is 0 Å². The van der Waals surface area contributed by atoms with Crippen LogP contribution in [-0.2, 0) is 25.7 Å². The predicted octanol–water partition coefficient (Wildman–Crippen LogP) is 1.80. The number of amides is 1. The van der Waals surface area contributed by atoms with E-state index in [0.717, 1.165) is 5.56 Å². The molecule has 0 radical (unpaired) electrons. The second-order valence-electron chi connectivity index (χ2n) is 4.47. The molecule has 0 atom stereocenters. The van der Waals surface area contributed by atoms with E-state index in [1.165, 1.54) is 0 Å². The number of ether oxygens (including phenoxy) is 2. The topological polar surface area (TPSA) is 73.9 Å². The van der Waals surface area contributed by atoms with E-state index < -0.39 is 12.1 Å². The summed E-state index contributed by atoms with van der Waals surface area (Å²) in [6.45, 7) is 1.21. The average molecular weight is 279 g/mol. The molecule has 1 heterocycles. The summed E-state index contributed by atoms with van der Waals surface area (Å²) in [5.74, 6) is -0.678. The number of rotatable bonds is 3. The number of hydrogen-bond donors (Lipinski definition) is 1. The van der Waals surface area contributed by atoms with Crippen LogP contribution < -0.4 is 5.48 Å². The zero-order chi connectivity index (χ0) is 14.2. The zero-order valence-corrected chi connectivity index (χ0v) is 11.0. The van der Waals surface area contributed by atoms with Crippen molar-refractivity contribution in [2.24, 2.45) is 5.92 Å². The molecule has 20 heavy (non-hydrogen) atoms. The van der Waals surface area contributed by atoms with Crippen LogP contribution in [0, 0.1) is 5.92 Å². The summed E-state index contributed by atoms with van der Waals surface area (Å²) in [6.07, 6.45) is 0.438. The molecule has 2 rings (SSSR count). The highest BCUT2D eigenvalue weighted by molar-refractivity contribution is 5.75. The summed E-state index contributed by atoms with van der Waals surface area (Å²) in [5.41, 5.74) is 2.86. The molecular weight excluding hydrogens is 262 g/mol. The van der Waals surface area contributed by atoms with Gasteiger partial charge in [-0.1, -0.05) is 30.3 Å². The minimum absolute atomic E-state index is 0.126. The Morgan fingerprint density at radius 1 is 1.20 bits per heavy atom. The maximum atomic E-state index is 11.6. The van der Waals surface area contributed by atoms with Gasteiger partial charge in [-0.2, -0.15) is 0 Å². The van der Waals surface area contributed by atoms with Gasteiger partial charge in [-0.15, -0.1) is 5.48 Å². The first-order valence-corrected chi connectivity index (χ1v) is 6.51. The average Bonchev–Trinajstić information content (AvgIpc) is 2.52. The smallest absolute Gasteiger partial charge is 0.441 e. The molecule has 0 aliphatic carbocycles. The number of hydrogen-bond acceptors (Lipinski definition) is 5. The summed E-state index contributed by atoms with van der Waals surface area (Å²) in [5, 5.41) is 0. The van der Waals surface area contributed by atoms with Crippen LogP contribution >= 0.6 is 0 Å². The minimum Gasteiger partial charge on any atom is -0.443 e. The van der Waals surface area contributed by atoms with Crippen molar-refractivity contribution >= 4 is 12.1 Å². The quantitative estimate of drug-likeness (QED) is 0.854. The lowest BCUT2D eigenvalue weighted by Crippen LogP contribution is -2.33. The molecule has 1 aliphatic heterocycles. The van der Waals surface area contributed by atoms with Gasteiger partial charge in [0.1, 0.15) is 6.61 Å². The first kappa shape index (κ1) is 14.3. The maximum absolute atomic E-state index is 11.6. The van der Waals surface area contributed by atoms with Gasteiger partial charge < -0.3 is 14.3 Å². The molecule has 6 heteroatoms. The third-order valence-corrected chi connectivity index (χ3v) is 3.00. The van der Waals surface area contributed by atoms with Crippen molar-refractivity contribution in [3.05, 3.63) is 35.9 Å². The van der Waals surface area contributed by atoms with E-state index in [9.17, 15) is 9.59 Å². The van der Waals surface area contributed by atoms with Crippen molar-refractivity contribution in [2.75, 3.05) is 13.2 Å². The van der Waals surface area contributed by atoms with E-state index in [-0.39, 0.29) is 12.5 Å². The molecule has 1 aromatic carbocycles. The van der Waals surface area contributed by atoms with E-state index in [0.29, 0.717) is 26.1 Å². The zero-order valence-electron chi connectivity index (χ0n) is 11.0. The summed E-state index contributed by atoms with van der Waals surface area (Å²) >= 11 is 0. The van der Waals surface area contributed by atoms with Gasteiger partial charge in [0.2, 0.25) is 0 Å². The number of carbonyl (C=O) groups is 2. The second kappa shape index (κ2) is 7.49. The van der Waals surface area contributed by atoms with Gasteiger partial charge in [0.25, 0.3) is 0 Å². The molecule has 1 aliphatic rings. The van der Waals surface area contributed by atoms with Crippen molar-refractivity contribution in [1.29, 1.82) is 0 Å². The lowest BCUT2D eigenvalue weighted by Gasteiger charge is -2.19. The monoisotopic (exact) mass is 279 g/mol. The van der Waals surface area contributed by atoms with Crippen molar-refractivity contribution in [2.45, 2.75) is 19.4 Å². The van der Waals surface area contributed by atoms with E-state index in [2.05, 4.69) is 0 Å². The first-order chi connectivity index (χ1) is 9.75. The Kier molecular flexibility index (Phi) is 5.37. The number of carbonyl (C=O) groups excluding carboxylic acids is 2.